The van der Waals surface area contributed by atoms with Crippen LogP contribution in [-0.2, 0) is 20.7 Å². The number of H-pyrrole nitrogens is 1. The minimum absolute atomic E-state index is 0.0892. The van der Waals surface area contributed by atoms with Gasteiger partial charge in [0.2, 0.25) is 5.78 Å². The molecule has 8 heteroatoms. The van der Waals surface area contributed by atoms with Crippen LogP contribution in [0.1, 0.15) is 43.1 Å². The van der Waals surface area contributed by atoms with Crippen molar-refractivity contribution in [3.63, 3.8) is 0 Å². The molecule has 0 saturated carbocycles. The van der Waals surface area contributed by atoms with Crippen molar-refractivity contribution in [2.45, 2.75) is 39.2 Å². The highest BCUT2D eigenvalue weighted by molar-refractivity contribution is 6.09. The quantitative estimate of drug-likeness (QED) is 0.431. The van der Waals surface area contributed by atoms with E-state index < -0.39 is 30.1 Å². The summed E-state index contributed by atoms with van der Waals surface area (Å²) < 4.78 is 5.04. The molecule has 0 radical (unpaired) electrons. The Morgan fingerprint density at radius 3 is 2.61 bits per heavy atom. The van der Waals surface area contributed by atoms with Crippen molar-refractivity contribution in [1.29, 1.82) is 0 Å². The maximum atomic E-state index is 12.4. The molecule has 8 nitrogen and oxygen atoms in total. The summed E-state index contributed by atoms with van der Waals surface area (Å²) in [5, 5.41) is 3.33. The SMILES string of the molecule is CCc1cccc2c(C(=O)COC(=O)CCN3C(=O)NC(C)(C)C3=O)c[nH]c12. The first-order valence-electron chi connectivity index (χ1n) is 9.16. The van der Waals surface area contributed by atoms with E-state index >= 15 is 0 Å². The van der Waals surface area contributed by atoms with Crippen molar-refractivity contribution in [3.05, 3.63) is 35.5 Å². The smallest absolute Gasteiger partial charge is 0.325 e. The Bertz CT molecular complexity index is 960. The fourth-order valence-electron chi connectivity index (χ4n) is 3.26. The van der Waals surface area contributed by atoms with E-state index in [-0.39, 0.29) is 18.7 Å². The monoisotopic (exact) mass is 385 g/mol. The predicted octanol–water partition coefficient (Wildman–Crippen LogP) is 2.18. The minimum atomic E-state index is -0.983. The molecule has 0 aliphatic carbocycles. The van der Waals surface area contributed by atoms with Crippen LogP contribution in [0, 0.1) is 0 Å². The molecule has 1 aromatic heterocycles. The van der Waals surface area contributed by atoms with Crippen LogP contribution in [0.25, 0.3) is 10.9 Å². The second kappa shape index (κ2) is 7.46. The predicted molar refractivity (Wildman–Crippen MR) is 102 cm³/mol. The van der Waals surface area contributed by atoms with E-state index in [1.54, 1.807) is 20.0 Å². The zero-order valence-electron chi connectivity index (χ0n) is 16.1. The summed E-state index contributed by atoms with van der Waals surface area (Å²) in [6.45, 7) is 4.73. The molecule has 3 rings (SSSR count). The van der Waals surface area contributed by atoms with Crippen LogP contribution in [0.4, 0.5) is 4.79 Å². The number of ether oxygens (including phenoxy) is 1. The number of para-hydroxylation sites is 1. The summed E-state index contributed by atoms with van der Waals surface area (Å²) in [6.07, 6.45) is 2.28. The Balaban J connectivity index is 1.56. The van der Waals surface area contributed by atoms with E-state index in [1.807, 2.05) is 25.1 Å². The van der Waals surface area contributed by atoms with Gasteiger partial charge in [0.05, 0.1) is 6.42 Å². The molecule has 0 atom stereocenters. The molecule has 0 unspecified atom stereocenters. The second-order valence-corrected chi connectivity index (χ2v) is 7.24. The molecule has 1 fully saturated rings. The van der Waals surface area contributed by atoms with E-state index in [2.05, 4.69) is 10.3 Å². The number of urea groups is 1. The van der Waals surface area contributed by atoms with Crippen LogP contribution in [-0.4, -0.2) is 52.3 Å². The lowest BCUT2D eigenvalue weighted by molar-refractivity contribution is -0.143. The number of benzene rings is 1. The van der Waals surface area contributed by atoms with Gasteiger partial charge in [-0.05, 0) is 25.8 Å². The van der Waals surface area contributed by atoms with Crippen molar-refractivity contribution in [1.82, 2.24) is 15.2 Å². The Kier molecular flexibility index (Phi) is 5.22. The highest BCUT2D eigenvalue weighted by Gasteiger charge is 2.44. The number of imide groups is 1. The Hall–Kier alpha value is -3.16. The van der Waals surface area contributed by atoms with Crippen LogP contribution < -0.4 is 5.32 Å². The fraction of sp³-hybridized carbons (Fsp3) is 0.400. The van der Waals surface area contributed by atoms with E-state index in [1.165, 1.54) is 0 Å². The molecule has 1 saturated heterocycles. The topological polar surface area (TPSA) is 109 Å². The average Bonchev–Trinajstić information content (AvgIpc) is 3.17. The number of Topliss-reactive ketones (excluding diaryl/α,β-unsaturated/α-hetero) is 1. The third-order valence-corrected chi connectivity index (χ3v) is 4.83. The average molecular weight is 385 g/mol. The maximum absolute atomic E-state index is 12.4. The van der Waals surface area contributed by atoms with Gasteiger partial charge in [-0.2, -0.15) is 0 Å². The van der Waals surface area contributed by atoms with Gasteiger partial charge in [-0.25, -0.2) is 4.79 Å². The normalized spacial score (nSPS) is 15.8. The van der Waals surface area contributed by atoms with Gasteiger partial charge in [0.1, 0.15) is 5.54 Å². The fourth-order valence-corrected chi connectivity index (χ4v) is 3.26. The summed E-state index contributed by atoms with van der Waals surface area (Å²) in [6, 6.07) is 5.19. The molecule has 3 amide bonds. The minimum Gasteiger partial charge on any atom is -0.457 e. The molecule has 2 heterocycles. The highest BCUT2D eigenvalue weighted by atomic mass is 16.5. The molecule has 28 heavy (non-hydrogen) atoms. The van der Waals surface area contributed by atoms with Crippen molar-refractivity contribution in [2.75, 3.05) is 13.2 Å². The summed E-state index contributed by atoms with van der Waals surface area (Å²) in [5.41, 5.74) is 1.49. The van der Waals surface area contributed by atoms with E-state index in [4.69, 9.17) is 4.74 Å². The van der Waals surface area contributed by atoms with Crippen LogP contribution in [0.15, 0.2) is 24.4 Å². The summed E-state index contributed by atoms with van der Waals surface area (Å²) >= 11 is 0. The van der Waals surface area contributed by atoms with Crippen molar-refractivity contribution < 1.29 is 23.9 Å². The van der Waals surface area contributed by atoms with Gasteiger partial charge < -0.3 is 15.0 Å². The molecule has 1 aromatic carbocycles. The zero-order chi connectivity index (χ0) is 20.5. The van der Waals surface area contributed by atoms with Gasteiger partial charge in [-0.1, -0.05) is 25.1 Å². The number of carbonyl (C=O) groups is 4. The molecule has 0 bridgehead atoms. The lowest BCUT2D eigenvalue weighted by Crippen LogP contribution is -2.40. The van der Waals surface area contributed by atoms with Crippen molar-refractivity contribution >= 4 is 34.6 Å². The number of hydrogen-bond acceptors (Lipinski definition) is 5. The number of amides is 3. The van der Waals surface area contributed by atoms with Crippen molar-refractivity contribution in [2.24, 2.45) is 0 Å². The molecule has 2 N–H and O–H groups in total. The summed E-state index contributed by atoms with van der Waals surface area (Å²) in [5.74, 6) is -1.36. The van der Waals surface area contributed by atoms with Gasteiger partial charge in [0.15, 0.2) is 6.61 Å². The summed E-state index contributed by atoms with van der Waals surface area (Å²) in [7, 11) is 0. The third-order valence-electron chi connectivity index (χ3n) is 4.83. The molecule has 2 aromatic rings. The number of nitrogens with zero attached hydrogens (tertiary/aromatic N) is 1. The van der Waals surface area contributed by atoms with Gasteiger partial charge in [-0.3, -0.25) is 19.3 Å². The van der Waals surface area contributed by atoms with E-state index in [0.29, 0.717) is 5.56 Å². The van der Waals surface area contributed by atoms with Crippen LogP contribution in [0.2, 0.25) is 0 Å². The third kappa shape index (κ3) is 3.62. The maximum Gasteiger partial charge on any atom is 0.325 e. The first-order valence-corrected chi connectivity index (χ1v) is 9.16. The number of aryl methyl sites for hydroxylation is 1. The number of rotatable bonds is 7. The van der Waals surface area contributed by atoms with E-state index in [0.717, 1.165) is 27.8 Å². The number of hydrogen-bond donors (Lipinski definition) is 2. The number of nitrogens with one attached hydrogen (secondary N) is 2. The number of aromatic nitrogens is 1. The van der Waals surface area contributed by atoms with Gasteiger partial charge >= 0.3 is 12.0 Å². The first-order chi connectivity index (χ1) is 13.2. The lowest BCUT2D eigenvalue weighted by atomic mass is 10.1. The molecule has 0 spiro atoms. The number of ketones is 1. The largest absolute Gasteiger partial charge is 0.457 e. The number of carbonyl (C=O) groups excluding carboxylic acids is 4. The van der Waals surface area contributed by atoms with Crippen LogP contribution in [0.3, 0.4) is 0 Å². The number of esters is 1. The lowest BCUT2D eigenvalue weighted by Gasteiger charge is -2.15. The first kappa shape index (κ1) is 19.6. The molecule has 148 valence electrons. The van der Waals surface area contributed by atoms with Gasteiger partial charge in [0, 0.05) is 29.2 Å². The highest BCUT2D eigenvalue weighted by Crippen LogP contribution is 2.23. The van der Waals surface area contributed by atoms with Crippen LogP contribution >= 0.6 is 0 Å². The molecular weight excluding hydrogens is 362 g/mol. The summed E-state index contributed by atoms with van der Waals surface area (Å²) in [4.78, 5) is 52.4. The van der Waals surface area contributed by atoms with Crippen molar-refractivity contribution in [3.8, 4) is 0 Å². The molecular formula is C20H23N3O5. The Labute approximate surface area is 162 Å². The van der Waals surface area contributed by atoms with Gasteiger partial charge in [-0.15, -0.1) is 0 Å². The Morgan fingerprint density at radius 1 is 1.21 bits per heavy atom. The Morgan fingerprint density at radius 2 is 1.96 bits per heavy atom. The van der Waals surface area contributed by atoms with Crippen LogP contribution in [0.5, 0.6) is 0 Å². The molecule has 1 aliphatic rings. The standard InChI is InChI=1S/C20H23N3O5/c1-4-12-6-5-7-13-14(10-21-17(12)13)15(24)11-28-16(25)8-9-23-18(26)20(2,3)22-19(23)27/h5-7,10,21H,4,8-9,11H2,1-3H3,(H,22,27). The number of fused-ring (bicyclic) bond motifs is 1. The zero-order valence-corrected chi connectivity index (χ0v) is 16.1. The molecule has 1 aliphatic heterocycles. The van der Waals surface area contributed by atoms with Gasteiger partial charge in [0.25, 0.3) is 5.91 Å². The van der Waals surface area contributed by atoms with E-state index in [9.17, 15) is 19.2 Å². The number of aromatic amines is 1. The second-order valence-electron chi connectivity index (χ2n) is 7.24.